The molecular formula is C13H15IN4O. The number of aromatic amines is 1. The van der Waals surface area contributed by atoms with Crippen molar-refractivity contribution in [1.29, 1.82) is 0 Å². The Morgan fingerprint density at radius 3 is 2.74 bits per heavy atom. The van der Waals surface area contributed by atoms with Crippen LogP contribution >= 0.6 is 22.6 Å². The van der Waals surface area contributed by atoms with Crippen molar-refractivity contribution in [3.8, 4) is 0 Å². The molecule has 0 aliphatic rings. The van der Waals surface area contributed by atoms with Crippen LogP contribution < -0.4 is 5.32 Å². The molecule has 2 N–H and O–H groups in total. The maximum absolute atomic E-state index is 12.0. The van der Waals surface area contributed by atoms with Crippen LogP contribution in [0, 0.1) is 10.5 Å². The predicted octanol–water partition coefficient (Wildman–Crippen LogP) is 3.09. The van der Waals surface area contributed by atoms with Crippen molar-refractivity contribution < 1.29 is 4.79 Å². The molecular weight excluding hydrogens is 355 g/mol. The van der Waals surface area contributed by atoms with Crippen LogP contribution in [0.15, 0.2) is 18.2 Å². The summed E-state index contributed by atoms with van der Waals surface area (Å²) in [5.74, 6) is 0.792. The molecule has 100 valence electrons. The zero-order valence-electron chi connectivity index (χ0n) is 11.0. The van der Waals surface area contributed by atoms with Crippen molar-refractivity contribution in [2.24, 2.45) is 0 Å². The smallest absolute Gasteiger partial charge is 0.295 e. The molecule has 0 radical (unpaired) electrons. The summed E-state index contributed by atoms with van der Waals surface area (Å²) >= 11 is 2.24. The lowest BCUT2D eigenvalue weighted by atomic mass is 10.2. The summed E-state index contributed by atoms with van der Waals surface area (Å²) in [4.78, 5) is 16.2. The van der Waals surface area contributed by atoms with Crippen LogP contribution in [0.4, 0.5) is 5.69 Å². The zero-order valence-corrected chi connectivity index (χ0v) is 13.1. The summed E-state index contributed by atoms with van der Waals surface area (Å²) in [6.45, 7) is 6.01. The first-order valence-electron chi connectivity index (χ1n) is 5.97. The fraction of sp³-hybridized carbons (Fsp3) is 0.308. The first-order valence-corrected chi connectivity index (χ1v) is 7.05. The number of anilines is 1. The molecule has 0 bridgehead atoms. The van der Waals surface area contributed by atoms with Crippen molar-refractivity contribution >= 4 is 34.2 Å². The molecule has 0 atom stereocenters. The fourth-order valence-electron chi connectivity index (χ4n) is 1.49. The van der Waals surface area contributed by atoms with Crippen LogP contribution in [0.25, 0.3) is 0 Å². The number of halogens is 1. The number of aromatic nitrogens is 3. The van der Waals surface area contributed by atoms with Crippen LogP contribution in [0.2, 0.25) is 0 Å². The van der Waals surface area contributed by atoms with Gasteiger partial charge in [0.1, 0.15) is 5.82 Å². The molecule has 1 heterocycles. The second-order valence-corrected chi connectivity index (χ2v) is 5.78. The average molecular weight is 370 g/mol. The van der Waals surface area contributed by atoms with Gasteiger partial charge in [-0.25, -0.2) is 4.98 Å². The number of aryl methyl sites for hydroxylation is 1. The van der Waals surface area contributed by atoms with E-state index in [1.54, 1.807) is 0 Å². The number of amides is 1. The number of nitrogens with one attached hydrogen (secondary N) is 2. The molecule has 1 aromatic heterocycles. The number of carbonyl (C=O) groups is 1. The summed E-state index contributed by atoms with van der Waals surface area (Å²) in [6.07, 6.45) is 0. The summed E-state index contributed by atoms with van der Waals surface area (Å²) in [5.41, 5.74) is 1.93. The van der Waals surface area contributed by atoms with Gasteiger partial charge in [-0.1, -0.05) is 19.9 Å². The molecule has 1 amide bonds. The first kappa shape index (κ1) is 14.0. The third kappa shape index (κ3) is 3.31. The minimum Gasteiger partial charge on any atom is -0.319 e. The minimum atomic E-state index is -0.303. The third-order valence-electron chi connectivity index (χ3n) is 2.68. The van der Waals surface area contributed by atoms with Crippen molar-refractivity contribution in [1.82, 2.24) is 15.2 Å². The van der Waals surface area contributed by atoms with Gasteiger partial charge in [0.15, 0.2) is 0 Å². The summed E-state index contributed by atoms with van der Waals surface area (Å²) < 4.78 is 1.10. The number of H-pyrrole nitrogens is 1. The average Bonchev–Trinajstić information content (AvgIpc) is 2.83. The quantitative estimate of drug-likeness (QED) is 0.816. The maximum Gasteiger partial charge on any atom is 0.295 e. The maximum atomic E-state index is 12.0. The lowest BCUT2D eigenvalue weighted by molar-refractivity contribution is 0.101. The monoisotopic (exact) mass is 370 g/mol. The topological polar surface area (TPSA) is 70.7 Å². The van der Waals surface area contributed by atoms with Crippen molar-refractivity contribution in [3.63, 3.8) is 0 Å². The lowest BCUT2D eigenvalue weighted by Crippen LogP contribution is -2.14. The van der Waals surface area contributed by atoms with E-state index in [0.717, 1.165) is 9.26 Å². The Balaban J connectivity index is 2.13. The highest BCUT2D eigenvalue weighted by Crippen LogP contribution is 2.17. The largest absolute Gasteiger partial charge is 0.319 e. The molecule has 0 unspecified atom stereocenters. The SMILES string of the molecule is Cc1ccc(NC(=O)c2n[nH]c(C(C)C)n2)cc1I. The van der Waals surface area contributed by atoms with E-state index in [9.17, 15) is 4.79 Å². The Hall–Kier alpha value is -1.44. The zero-order chi connectivity index (χ0) is 14.0. The van der Waals surface area contributed by atoms with Gasteiger partial charge in [-0.3, -0.25) is 9.89 Å². The van der Waals surface area contributed by atoms with Crippen molar-refractivity contribution in [2.75, 3.05) is 5.32 Å². The lowest BCUT2D eigenvalue weighted by Gasteiger charge is -2.04. The van der Waals surface area contributed by atoms with Crippen LogP contribution in [0.1, 0.15) is 41.8 Å². The highest BCUT2D eigenvalue weighted by atomic mass is 127. The van der Waals surface area contributed by atoms with Crippen LogP contribution in [0.5, 0.6) is 0 Å². The molecule has 5 nitrogen and oxygen atoms in total. The van der Waals surface area contributed by atoms with Gasteiger partial charge in [-0.2, -0.15) is 0 Å². The second-order valence-electron chi connectivity index (χ2n) is 4.62. The first-order chi connectivity index (χ1) is 8.97. The van der Waals surface area contributed by atoms with E-state index in [-0.39, 0.29) is 17.6 Å². The van der Waals surface area contributed by atoms with Gasteiger partial charge < -0.3 is 5.32 Å². The van der Waals surface area contributed by atoms with E-state index < -0.39 is 0 Å². The second kappa shape index (κ2) is 5.68. The number of hydrogen-bond donors (Lipinski definition) is 2. The molecule has 2 aromatic rings. The van der Waals surface area contributed by atoms with Crippen LogP contribution in [0.3, 0.4) is 0 Å². The third-order valence-corrected chi connectivity index (χ3v) is 3.84. The number of nitrogens with zero attached hydrogens (tertiary/aromatic N) is 2. The van der Waals surface area contributed by atoms with Crippen molar-refractivity contribution in [3.05, 3.63) is 39.0 Å². The minimum absolute atomic E-state index is 0.166. The van der Waals surface area contributed by atoms with E-state index in [1.807, 2.05) is 39.0 Å². The molecule has 6 heteroatoms. The number of carbonyl (C=O) groups excluding carboxylic acids is 1. The molecule has 0 aliphatic heterocycles. The molecule has 19 heavy (non-hydrogen) atoms. The predicted molar refractivity (Wildman–Crippen MR) is 82.3 cm³/mol. The normalized spacial score (nSPS) is 10.8. The number of benzene rings is 1. The Bertz CT molecular complexity index is 606. The standard InChI is InChI=1S/C13H15IN4O/c1-7(2)11-16-12(18-17-11)13(19)15-9-5-4-8(3)10(14)6-9/h4-7H,1-3H3,(H,15,19)(H,16,17,18). The molecule has 1 aromatic carbocycles. The Labute approximate surface area is 125 Å². The van der Waals surface area contributed by atoms with E-state index in [2.05, 4.69) is 43.1 Å². The molecule has 0 saturated carbocycles. The summed E-state index contributed by atoms with van der Waals surface area (Å²) in [7, 11) is 0. The Kier molecular flexibility index (Phi) is 4.18. The van der Waals surface area contributed by atoms with Gasteiger partial charge in [0.2, 0.25) is 5.82 Å². The Morgan fingerprint density at radius 1 is 1.42 bits per heavy atom. The van der Waals surface area contributed by atoms with E-state index >= 15 is 0 Å². The van der Waals surface area contributed by atoms with E-state index in [4.69, 9.17) is 0 Å². The van der Waals surface area contributed by atoms with Gasteiger partial charge in [-0.05, 0) is 47.2 Å². The molecule has 0 spiro atoms. The van der Waals surface area contributed by atoms with Gasteiger partial charge >= 0.3 is 0 Å². The summed E-state index contributed by atoms with van der Waals surface area (Å²) in [6, 6.07) is 5.75. The van der Waals surface area contributed by atoms with Gasteiger partial charge in [0, 0.05) is 15.2 Å². The number of rotatable bonds is 3. The molecule has 2 rings (SSSR count). The molecule has 0 saturated heterocycles. The fourth-order valence-corrected chi connectivity index (χ4v) is 2.01. The molecule has 0 aliphatic carbocycles. The van der Waals surface area contributed by atoms with Gasteiger partial charge in [0.25, 0.3) is 5.91 Å². The number of hydrogen-bond acceptors (Lipinski definition) is 3. The van der Waals surface area contributed by atoms with Gasteiger partial charge in [-0.15, -0.1) is 5.10 Å². The highest BCUT2D eigenvalue weighted by Gasteiger charge is 2.14. The van der Waals surface area contributed by atoms with Gasteiger partial charge in [0.05, 0.1) is 0 Å². The highest BCUT2D eigenvalue weighted by molar-refractivity contribution is 14.1. The van der Waals surface area contributed by atoms with Crippen LogP contribution in [-0.4, -0.2) is 21.1 Å². The molecule has 0 fully saturated rings. The van der Waals surface area contributed by atoms with E-state index in [0.29, 0.717) is 5.82 Å². The summed E-state index contributed by atoms with van der Waals surface area (Å²) in [5, 5.41) is 9.48. The van der Waals surface area contributed by atoms with E-state index in [1.165, 1.54) is 5.56 Å². The Morgan fingerprint density at radius 2 is 2.16 bits per heavy atom. The van der Waals surface area contributed by atoms with Crippen molar-refractivity contribution in [2.45, 2.75) is 26.7 Å². The van der Waals surface area contributed by atoms with Crippen LogP contribution in [-0.2, 0) is 0 Å².